The third-order valence-electron chi connectivity index (χ3n) is 17.5. The molecule has 0 saturated carbocycles. The average Bonchev–Trinajstić information content (AvgIpc) is 1.56. The molecule has 2 heterocycles. The lowest BCUT2D eigenvalue weighted by atomic mass is 9.98. The molecular formula is C68H100N16O25. The van der Waals surface area contributed by atoms with Crippen molar-refractivity contribution in [3.63, 3.8) is 0 Å². The predicted octanol–water partition coefficient (Wildman–Crippen LogP) is -4.92. The Morgan fingerprint density at radius 2 is 1.12 bits per heavy atom. The van der Waals surface area contributed by atoms with E-state index in [1.165, 1.54) is 13.8 Å². The van der Waals surface area contributed by atoms with Crippen LogP contribution in [0, 0.1) is 11.8 Å². The van der Waals surface area contributed by atoms with Crippen molar-refractivity contribution in [2.75, 3.05) is 20.1 Å². The van der Waals surface area contributed by atoms with Crippen molar-refractivity contribution in [1.82, 2.24) is 73.7 Å². The van der Waals surface area contributed by atoms with Gasteiger partial charge in [0.25, 0.3) is 0 Å². The van der Waals surface area contributed by atoms with E-state index in [1.807, 2.05) is 10.6 Å². The second-order valence-corrected chi connectivity index (χ2v) is 26.6. The van der Waals surface area contributed by atoms with Gasteiger partial charge in [-0.1, -0.05) is 84.4 Å². The molecule has 1 aliphatic heterocycles. The number of carboxylic acids is 4. The summed E-state index contributed by atoms with van der Waals surface area (Å²) in [4.78, 5) is 272. The van der Waals surface area contributed by atoms with E-state index in [0.717, 1.165) is 53.5 Å². The van der Waals surface area contributed by atoms with Crippen LogP contribution in [-0.4, -0.2) is 241 Å². The Hall–Kier alpha value is -11.8. The number of fused-ring (bicyclic) bond motifs is 1. The van der Waals surface area contributed by atoms with Crippen molar-refractivity contribution in [3.8, 4) is 0 Å². The molecule has 21 N–H and O–H groups in total. The number of carboxylic acid groups (broad SMARTS) is 4. The molecule has 41 nitrogen and oxygen atoms in total. The van der Waals surface area contributed by atoms with Crippen LogP contribution in [0.25, 0.3) is 10.9 Å². The molecule has 0 aliphatic carbocycles. The molecule has 0 radical (unpaired) electrons. The maximum absolute atomic E-state index is 14.8. The molecule has 1 fully saturated rings. The first-order chi connectivity index (χ1) is 51.1. The Balaban J connectivity index is 2.18. The summed E-state index contributed by atoms with van der Waals surface area (Å²) in [5, 5.41) is 66.1. The Morgan fingerprint density at radius 3 is 1.70 bits per heavy atom. The Labute approximate surface area is 625 Å². The lowest BCUT2D eigenvalue weighted by Gasteiger charge is -2.32. The first kappa shape index (κ1) is 91.4. The summed E-state index contributed by atoms with van der Waals surface area (Å²) >= 11 is 0. The molecule has 602 valence electrons. The van der Waals surface area contributed by atoms with Crippen molar-refractivity contribution in [2.45, 2.75) is 224 Å². The van der Waals surface area contributed by atoms with E-state index < -0.39 is 255 Å². The van der Waals surface area contributed by atoms with Crippen LogP contribution >= 0.6 is 0 Å². The number of primary amides is 2. The summed E-state index contributed by atoms with van der Waals surface area (Å²) in [6, 6.07) is -14.5. The number of aromatic nitrogens is 1. The zero-order valence-corrected chi connectivity index (χ0v) is 61.7. The number of benzene rings is 1. The van der Waals surface area contributed by atoms with Crippen LogP contribution in [0.4, 0.5) is 0 Å². The minimum Gasteiger partial charge on any atom is -0.481 e. The van der Waals surface area contributed by atoms with Crippen LogP contribution in [0.1, 0.15) is 150 Å². The maximum Gasteiger partial charge on any atom is 0.329 e. The number of nitrogens with one attached hydrogen (secondary N) is 13. The molecule has 2 aromatic rings. The number of ether oxygens (including phenoxy) is 1. The highest BCUT2D eigenvalue weighted by molar-refractivity contribution is 6.02. The Kier molecular flexibility index (Phi) is 37.7. The van der Waals surface area contributed by atoms with Crippen molar-refractivity contribution < 1.29 is 121 Å². The van der Waals surface area contributed by atoms with E-state index in [-0.39, 0.29) is 19.3 Å². The summed E-state index contributed by atoms with van der Waals surface area (Å²) < 4.78 is 5.73. The van der Waals surface area contributed by atoms with Crippen LogP contribution in [0.2, 0.25) is 0 Å². The highest BCUT2D eigenvalue weighted by Gasteiger charge is 2.41. The number of hydrogen-bond acceptors (Lipinski definition) is 21. The van der Waals surface area contributed by atoms with Gasteiger partial charge in [0, 0.05) is 43.4 Å². The van der Waals surface area contributed by atoms with E-state index in [4.69, 9.17) is 16.2 Å². The highest BCUT2D eigenvalue weighted by atomic mass is 16.5. The number of rotatable bonds is 32. The quantitative estimate of drug-likeness (QED) is 0.0241. The predicted molar refractivity (Wildman–Crippen MR) is 379 cm³/mol. The molecular weight excluding hydrogens is 1440 g/mol. The summed E-state index contributed by atoms with van der Waals surface area (Å²) in [6.45, 7) is 7.88. The molecule has 15 amide bonds. The molecule has 1 aliphatic rings. The van der Waals surface area contributed by atoms with Gasteiger partial charge in [-0.05, 0) is 57.1 Å². The fourth-order valence-electron chi connectivity index (χ4n) is 10.9. The molecule has 41 heteroatoms. The van der Waals surface area contributed by atoms with E-state index in [9.17, 15) is 116 Å². The minimum atomic E-state index is -2.30. The summed E-state index contributed by atoms with van der Waals surface area (Å²) in [5.74, 6) is -27.7. The van der Waals surface area contributed by atoms with Gasteiger partial charge in [0.2, 0.25) is 88.6 Å². The Morgan fingerprint density at radius 1 is 0.569 bits per heavy atom. The SMILES string of the molecule is CCC(C)CCCCCCC(=O)NC(Cc1c[nH]c2ccccc12)C(=O)NC(CC(N)=O)C(=O)NC(CC(=O)O)C(=O)NC1C(=O)N(C)CC(=O)NC(C)C(=O)NC(CC(=O)O)C(=O)NC(C)C(=O)NC(CC(=O)O)C(=O)NCC(=O)NC(CC(N)=O)C(=O)NC(CCC(=O)O)C(=O)NC(C(C)CC)C(=O)OC1C. The van der Waals surface area contributed by atoms with Gasteiger partial charge in [0.05, 0.1) is 45.2 Å². The number of cyclic esters (lactones) is 1. The number of nitrogens with two attached hydrogens (primary N) is 2. The van der Waals surface area contributed by atoms with Gasteiger partial charge in [-0.15, -0.1) is 0 Å². The van der Waals surface area contributed by atoms with Crippen molar-refractivity contribution in [1.29, 1.82) is 0 Å². The summed E-state index contributed by atoms with van der Waals surface area (Å²) in [7, 11) is 0.927. The van der Waals surface area contributed by atoms with Crippen LogP contribution < -0.4 is 75.3 Å². The van der Waals surface area contributed by atoms with Gasteiger partial charge in [-0.2, -0.15) is 0 Å². The zero-order chi connectivity index (χ0) is 82.1. The average molecular weight is 1540 g/mol. The Bertz CT molecular complexity index is 3680. The number of esters is 1. The molecule has 1 aromatic heterocycles. The van der Waals surface area contributed by atoms with Crippen molar-refractivity contribution in [2.24, 2.45) is 23.3 Å². The second-order valence-electron chi connectivity index (χ2n) is 26.6. The van der Waals surface area contributed by atoms with Crippen LogP contribution in [0.5, 0.6) is 0 Å². The largest absolute Gasteiger partial charge is 0.481 e. The molecule has 1 saturated heterocycles. The first-order valence-electron chi connectivity index (χ1n) is 35.2. The molecule has 109 heavy (non-hydrogen) atoms. The molecule has 14 atom stereocenters. The molecule has 1 aromatic carbocycles. The number of carbonyl (C=O) groups is 20. The third-order valence-corrected chi connectivity index (χ3v) is 17.5. The number of likely N-dealkylation sites (N-methyl/N-ethyl adjacent to an activating group) is 1. The number of amides is 15. The maximum atomic E-state index is 14.8. The number of unbranched alkanes of at least 4 members (excludes halogenated alkanes) is 3. The lowest BCUT2D eigenvalue weighted by molar-refractivity contribution is -0.159. The number of hydrogen-bond donors (Lipinski definition) is 19. The monoisotopic (exact) mass is 1540 g/mol. The molecule has 0 spiro atoms. The number of para-hydroxylation sites is 1. The highest BCUT2D eigenvalue weighted by Crippen LogP contribution is 2.21. The van der Waals surface area contributed by atoms with Crippen molar-refractivity contribution in [3.05, 3.63) is 36.0 Å². The van der Waals surface area contributed by atoms with Gasteiger partial charge < -0.3 is 110 Å². The second kappa shape index (κ2) is 45.0. The standard InChI is InChI=1S/C68H100N16O25/c1-9-32(3)17-13-11-12-14-20-49(87)75-41(23-37-29-71-39-19-16-15-18-38(37)39)63(103)80-43(25-48(70)86)65(105)81-46(28-55(96)97)66(106)83-57-36(7)109-68(108)56(33(4)10-2)82-61(101)40(21-22-52(90)91)77-64(104)42(24-47(69)85)76-50(88)30-72-60(100)44(26-53(92)93)78-59(99)35(6)74-62(102)45(27-54(94)95)79-58(98)34(5)73-51(89)31-84(8)67(57)107/h15-16,18-19,29,32-36,40-46,56-57,71H,9-14,17,20-28,30-31H2,1-8H3,(H2,69,85)(H2,70,86)(H,72,100)(H,73,89)(H,74,102)(H,75,87)(H,76,88)(H,77,104)(H,78,99)(H,79,98)(H,80,103)(H,81,105)(H,82,101)(H,83,106)(H,90,91)(H,92,93)(H,94,95)(H,96,97). The van der Waals surface area contributed by atoms with E-state index in [1.54, 1.807) is 30.5 Å². The van der Waals surface area contributed by atoms with Crippen LogP contribution in [0.3, 0.4) is 0 Å². The van der Waals surface area contributed by atoms with Gasteiger partial charge >= 0.3 is 29.8 Å². The smallest absolute Gasteiger partial charge is 0.329 e. The number of nitrogens with zero attached hydrogens (tertiary/aromatic N) is 1. The normalized spacial score (nSPS) is 22.1. The lowest BCUT2D eigenvalue weighted by Crippen LogP contribution is -2.62. The number of aliphatic carboxylic acids is 4. The van der Waals surface area contributed by atoms with Crippen LogP contribution in [0.15, 0.2) is 30.5 Å². The molecule has 14 unspecified atom stereocenters. The van der Waals surface area contributed by atoms with E-state index >= 15 is 0 Å². The van der Waals surface area contributed by atoms with Crippen LogP contribution in [-0.2, 0) is 107 Å². The fourth-order valence-corrected chi connectivity index (χ4v) is 10.9. The van der Waals surface area contributed by atoms with E-state index in [2.05, 4.69) is 72.0 Å². The molecule has 3 rings (SSSR count). The van der Waals surface area contributed by atoms with Crippen molar-refractivity contribution >= 4 is 129 Å². The summed E-state index contributed by atoms with van der Waals surface area (Å²) in [5.41, 5.74) is 12.1. The number of H-pyrrole nitrogens is 1. The third kappa shape index (κ3) is 32.0. The first-order valence-corrected chi connectivity index (χ1v) is 35.2. The molecule has 0 bridgehead atoms. The topological polar surface area (TPSA) is 647 Å². The number of carbonyl (C=O) groups excluding carboxylic acids is 16. The number of aromatic amines is 1. The minimum absolute atomic E-state index is 0.000825. The van der Waals surface area contributed by atoms with Gasteiger partial charge in [0.1, 0.15) is 72.6 Å². The van der Waals surface area contributed by atoms with E-state index in [0.29, 0.717) is 40.1 Å². The fraction of sp³-hybridized carbons (Fsp3) is 0.588. The summed E-state index contributed by atoms with van der Waals surface area (Å²) in [6.07, 6.45) is -3.04. The van der Waals surface area contributed by atoms with Gasteiger partial charge in [-0.25, -0.2) is 4.79 Å². The zero-order valence-electron chi connectivity index (χ0n) is 61.7. The van der Waals surface area contributed by atoms with Gasteiger partial charge in [0.15, 0.2) is 0 Å². The van der Waals surface area contributed by atoms with Gasteiger partial charge in [-0.3, -0.25) is 91.1 Å².